The molecule has 0 aliphatic rings. The Kier molecular flexibility index (Phi) is 3.01. The second-order valence-corrected chi connectivity index (χ2v) is 4.17. The van der Waals surface area contributed by atoms with Gasteiger partial charge in [-0.3, -0.25) is 0 Å². The lowest BCUT2D eigenvalue weighted by Crippen LogP contribution is -1.91. The number of halogens is 4. The van der Waals surface area contributed by atoms with Crippen molar-refractivity contribution in [1.29, 1.82) is 0 Å². The van der Waals surface area contributed by atoms with Gasteiger partial charge in [-0.25, -0.2) is 13.2 Å². The summed E-state index contributed by atoms with van der Waals surface area (Å²) >= 11 is 3.23. The standard InChI is InChI=1S/C12H6BrF3/c13-8-3-1-2-7(4-8)9-5-11(15)12(16)6-10(9)14/h1-6H. The molecule has 0 radical (unpaired) electrons. The average molecular weight is 287 g/mol. The molecule has 0 saturated heterocycles. The first kappa shape index (κ1) is 11.2. The van der Waals surface area contributed by atoms with Crippen LogP contribution in [0.5, 0.6) is 0 Å². The third-order valence-electron chi connectivity index (χ3n) is 2.15. The molecule has 0 N–H and O–H groups in total. The first-order chi connectivity index (χ1) is 7.58. The third kappa shape index (κ3) is 2.11. The van der Waals surface area contributed by atoms with Gasteiger partial charge in [-0.15, -0.1) is 0 Å². The van der Waals surface area contributed by atoms with E-state index in [4.69, 9.17) is 0 Å². The van der Waals surface area contributed by atoms with Crippen molar-refractivity contribution in [2.75, 3.05) is 0 Å². The molecule has 2 rings (SSSR count). The van der Waals surface area contributed by atoms with Crippen molar-refractivity contribution in [3.05, 3.63) is 58.3 Å². The van der Waals surface area contributed by atoms with E-state index in [1.807, 2.05) is 0 Å². The van der Waals surface area contributed by atoms with E-state index < -0.39 is 17.5 Å². The molecule has 0 aromatic heterocycles. The lowest BCUT2D eigenvalue weighted by atomic mass is 10.1. The third-order valence-corrected chi connectivity index (χ3v) is 2.64. The Morgan fingerprint density at radius 2 is 1.50 bits per heavy atom. The Balaban J connectivity index is 2.60. The fraction of sp³-hybridized carbons (Fsp3) is 0. The summed E-state index contributed by atoms with van der Waals surface area (Å²) in [5.74, 6) is -3.02. The quantitative estimate of drug-likeness (QED) is 0.676. The van der Waals surface area contributed by atoms with Gasteiger partial charge in [-0.05, 0) is 23.8 Å². The van der Waals surface area contributed by atoms with E-state index in [1.54, 1.807) is 24.3 Å². The Labute approximate surface area is 98.9 Å². The zero-order chi connectivity index (χ0) is 11.7. The number of hydrogen-bond acceptors (Lipinski definition) is 0. The van der Waals surface area contributed by atoms with Crippen LogP contribution in [0.3, 0.4) is 0 Å². The van der Waals surface area contributed by atoms with E-state index in [0.29, 0.717) is 11.6 Å². The molecule has 4 heteroatoms. The molecular formula is C12H6BrF3. The lowest BCUT2D eigenvalue weighted by molar-refractivity contribution is 0.496. The topological polar surface area (TPSA) is 0 Å². The maximum atomic E-state index is 13.4. The first-order valence-corrected chi connectivity index (χ1v) is 5.27. The molecule has 0 aliphatic carbocycles. The van der Waals surface area contributed by atoms with Crippen molar-refractivity contribution in [3.8, 4) is 11.1 Å². The van der Waals surface area contributed by atoms with Gasteiger partial charge in [0.1, 0.15) is 5.82 Å². The molecule has 0 fully saturated rings. The normalized spacial score (nSPS) is 10.5. The predicted molar refractivity (Wildman–Crippen MR) is 59.5 cm³/mol. The highest BCUT2D eigenvalue weighted by Gasteiger charge is 2.11. The van der Waals surface area contributed by atoms with Crippen molar-refractivity contribution < 1.29 is 13.2 Å². The molecule has 2 aromatic rings. The zero-order valence-electron chi connectivity index (χ0n) is 7.98. The van der Waals surface area contributed by atoms with Crippen LogP contribution in [0.4, 0.5) is 13.2 Å². The molecule has 0 aliphatic heterocycles. The van der Waals surface area contributed by atoms with Crippen molar-refractivity contribution >= 4 is 15.9 Å². The van der Waals surface area contributed by atoms with Gasteiger partial charge in [0.05, 0.1) is 0 Å². The first-order valence-electron chi connectivity index (χ1n) is 4.48. The minimum Gasteiger partial charge on any atom is -0.206 e. The van der Waals surface area contributed by atoms with Crippen LogP contribution in [0.25, 0.3) is 11.1 Å². The van der Waals surface area contributed by atoms with Gasteiger partial charge in [0.2, 0.25) is 0 Å². The summed E-state index contributed by atoms with van der Waals surface area (Å²) in [5, 5.41) is 0. The minimum atomic E-state index is -1.18. The molecule has 0 unspecified atom stereocenters. The SMILES string of the molecule is Fc1cc(F)c(-c2cccc(Br)c2)cc1F. The molecule has 0 amide bonds. The van der Waals surface area contributed by atoms with Crippen molar-refractivity contribution in [1.82, 2.24) is 0 Å². The van der Waals surface area contributed by atoms with Gasteiger partial charge < -0.3 is 0 Å². The molecule has 0 bridgehead atoms. The zero-order valence-corrected chi connectivity index (χ0v) is 9.56. The number of benzene rings is 2. The molecule has 0 nitrogen and oxygen atoms in total. The van der Waals surface area contributed by atoms with Crippen LogP contribution >= 0.6 is 15.9 Å². The van der Waals surface area contributed by atoms with Crippen molar-refractivity contribution in [2.24, 2.45) is 0 Å². The molecule has 0 heterocycles. The monoisotopic (exact) mass is 286 g/mol. The summed E-state index contributed by atoms with van der Waals surface area (Å²) in [7, 11) is 0. The largest absolute Gasteiger partial charge is 0.206 e. The van der Waals surface area contributed by atoms with Crippen molar-refractivity contribution in [2.45, 2.75) is 0 Å². The van der Waals surface area contributed by atoms with Crippen LogP contribution in [0.15, 0.2) is 40.9 Å². The second kappa shape index (κ2) is 4.29. The summed E-state index contributed by atoms with van der Waals surface area (Å²) in [5.41, 5.74) is 0.533. The highest BCUT2D eigenvalue weighted by molar-refractivity contribution is 9.10. The van der Waals surface area contributed by atoms with Gasteiger partial charge in [0, 0.05) is 16.1 Å². The van der Waals surface area contributed by atoms with E-state index in [-0.39, 0.29) is 5.56 Å². The smallest absolute Gasteiger partial charge is 0.161 e. The van der Waals surface area contributed by atoms with Crippen LogP contribution in [0.2, 0.25) is 0 Å². The predicted octanol–water partition coefficient (Wildman–Crippen LogP) is 4.53. The van der Waals surface area contributed by atoms with Gasteiger partial charge in [0.25, 0.3) is 0 Å². The fourth-order valence-electron chi connectivity index (χ4n) is 1.40. The molecule has 0 spiro atoms. The Morgan fingerprint density at radius 1 is 0.812 bits per heavy atom. The fourth-order valence-corrected chi connectivity index (χ4v) is 1.80. The molecule has 0 saturated carbocycles. The Bertz CT molecular complexity index is 538. The molecule has 0 atom stereocenters. The van der Waals surface area contributed by atoms with Crippen LogP contribution in [-0.4, -0.2) is 0 Å². The summed E-state index contributed by atoms with van der Waals surface area (Å²) < 4.78 is 39.9. The van der Waals surface area contributed by atoms with E-state index in [0.717, 1.165) is 10.5 Å². The maximum Gasteiger partial charge on any atom is 0.161 e. The molecular weight excluding hydrogens is 281 g/mol. The summed E-state index contributed by atoms with van der Waals surface area (Å²) in [6.45, 7) is 0. The van der Waals surface area contributed by atoms with Gasteiger partial charge >= 0.3 is 0 Å². The van der Waals surface area contributed by atoms with Crippen LogP contribution in [0, 0.1) is 17.5 Å². The van der Waals surface area contributed by atoms with Gasteiger partial charge in [-0.1, -0.05) is 28.1 Å². The lowest BCUT2D eigenvalue weighted by Gasteiger charge is -2.04. The van der Waals surface area contributed by atoms with Crippen LogP contribution < -0.4 is 0 Å². The molecule has 82 valence electrons. The second-order valence-electron chi connectivity index (χ2n) is 3.26. The van der Waals surface area contributed by atoms with Gasteiger partial charge in [0.15, 0.2) is 11.6 Å². The van der Waals surface area contributed by atoms with Crippen molar-refractivity contribution in [3.63, 3.8) is 0 Å². The van der Waals surface area contributed by atoms with E-state index >= 15 is 0 Å². The average Bonchev–Trinajstić information content (AvgIpc) is 2.23. The highest BCUT2D eigenvalue weighted by atomic mass is 79.9. The minimum absolute atomic E-state index is 0.0419. The van der Waals surface area contributed by atoms with E-state index in [1.165, 1.54) is 0 Å². The highest BCUT2D eigenvalue weighted by Crippen LogP contribution is 2.27. The van der Waals surface area contributed by atoms with Crippen LogP contribution in [-0.2, 0) is 0 Å². The summed E-state index contributed by atoms with van der Waals surface area (Å²) in [6.07, 6.45) is 0. The Hall–Kier alpha value is -1.29. The number of hydrogen-bond donors (Lipinski definition) is 0. The van der Waals surface area contributed by atoms with Crippen LogP contribution in [0.1, 0.15) is 0 Å². The van der Waals surface area contributed by atoms with E-state index in [9.17, 15) is 13.2 Å². The van der Waals surface area contributed by atoms with E-state index in [2.05, 4.69) is 15.9 Å². The molecule has 2 aromatic carbocycles. The summed E-state index contributed by atoms with van der Waals surface area (Å²) in [6, 6.07) is 8.12. The number of rotatable bonds is 1. The Morgan fingerprint density at radius 3 is 2.19 bits per heavy atom. The molecule has 16 heavy (non-hydrogen) atoms. The maximum absolute atomic E-state index is 13.4. The summed E-state index contributed by atoms with van der Waals surface area (Å²) in [4.78, 5) is 0. The van der Waals surface area contributed by atoms with Gasteiger partial charge in [-0.2, -0.15) is 0 Å².